The molecule has 1 aromatic rings. The molecule has 1 aromatic carbocycles. The van der Waals surface area contributed by atoms with E-state index < -0.39 is 6.10 Å². The number of rotatable bonds is 10. The Labute approximate surface area is 167 Å². The average molecular weight is 389 g/mol. The first kappa shape index (κ1) is 21.8. The van der Waals surface area contributed by atoms with Gasteiger partial charge in [-0.25, -0.2) is 4.99 Å². The van der Waals surface area contributed by atoms with E-state index in [0.29, 0.717) is 18.0 Å². The van der Waals surface area contributed by atoms with E-state index in [4.69, 9.17) is 9.47 Å². The molecule has 2 rings (SSSR count). The number of nitrogens with zero attached hydrogens (tertiary/aromatic N) is 2. The highest BCUT2D eigenvalue weighted by Gasteiger charge is 2.17. The number of anilines is 1. The summed E-state index contributed by atoms with van der Waals surface area (Å²) in [5, 5.41) is 16.4. The minimum atomic E-state index is -0.534. The number of aliphatic imine (C=N–C) groups is 1. The maximum absolute atomic E-state index is 10.2. The summed E-state index contributed by atoms with van der Waals surface area (Å²) in [5.74, 6) is 1.93. The Kier molecular flexibility index (Phi) is 8.84. The molecular weight excluding hydrogens is 356 g/mol. The first-order valence-electron chi connectivity index (χ1n) is 9.57. The van der Waals surface area contributed by atoms with Crippen molar-refractivity contribution in [2.75, 3.05) is 45.7 Å². The van der Waals surface area contributed by atoms with Crippen LogP contribution in [0.1, 0.15) is 19.8 Å². The second-order valence-electron chi connectivity index (χ2n) is 6.77. The van der Waals surface area contributed by atoms with Gasteiger partial charge in [0.2, 0.25) is 0 Å². The summed E-state index contributed by atoms with van der Waals surface area (Å²) in [6.45, 7) is 8.64. The summed E-state index contributed by atoms with van der Waals surface area (Å²) in [4.78, 5) is 6.58. The zero-order valence-corrected chi connectivity index (χ0v) is 17.1. The lowest BCUT2D eigenvalue weighted by Gasteiger charge is -2.20. The Hall–Kier alpha value is -2.51. The van der Waals surface area contributed by atoms with Gasteiger partial charge in [0, 0.05) is 37.2 Å². The van der Waals surface area contributed by atoms with Gasteiger partial charge >= 0.3 is 0 Å². The topological polar surface area (TPSA) is 78.4 Å². The summed E-state index contributed by atoms with van der Waals surface area (Å²) in [6, 6.07) is 5.56. The molecule has 0 aromatic heterocycles. The summed E-state index contributed by atoms with van der Waals surface area (Å²) in [7, 11) is 3.41. The normalized spacial score (nSPS) is 16.2. The predicted octanol–water partition coefficient (Wildman–Crippen LogP) is 2.61. The number of ether oxygens (including phenoxy) is 2. The number of hydrogen-bond acceptors (Lipinski definition) is 6. The third kappa shape index (κ3) is 7.25. The van der Waals surface area contributed by atoms with Crippen LogP contribution in [0.15, 0.2) is 47.7 Å². The maximum atomic E-state index is 10.2. The number of aliphatic hydroxyl groups excluding tert-OH is 1. The number of amidine groups is 1. The highest BCUT2D eigenvalue weighted by Crippen LogP contribution is 2.30. The van der Waals surface area contributed by atoms with Gasteiger partial charge in [-0.3, -0.25) is 0 Å². The van der Waals surface area contributed by atoms with Crippen molar-refractivity contribution in [3.63, 3.8) is 0 Å². The molecule has 0 aliphatic carbocycles. The molecule has 7 nitrogen and oxygen atoms in total. The fourth-order valence-corrected chi connectivity index (χ4v) is 2.93. The fourth-order valence-electron chi connectivity index (χ4n) is 2.93. The Morgan fingerprint density at radius 3 is 2.79 bits per heavy atom. The van der Waals surface area contributed by atoms with E-state index in [2.05, 4.69) is 27.1 Å². The predicted molar refractivity (Wildman–Crippen MR) is 114 cm³/mol. The van der Waals surface area contributed by atoms with Crippen molar-refractivity contribution in [2.45, 2.75) is 25.9 Å². The summed E-state index contributed by atoms with van der Waals surface area (Å²) in [5.41, 5.74) is 1.61. The summed E-state index contributed by atoms with van der Waals surface area (Å²) >= 11 is 0. The average Bonchev–Trinajstić information content (AvgIpc) is 3.19. The molecule has 0 spiro atoms. The number of likely N-dealkylation sites (tertiary alicyclic amines) is 1. The van der Waals surface area contributed by atoms with E-state index in [0.717, 1.165) is 30.3 Å². The lowest BCUT2D eigenvalue weighted by molar-refractivity contribution is 0.0747. The number of aliphatic hydroxyl groups is 1. The minimum absolute atomic E-state index is 0.220. The molecule has 3 N–H and O–H groups in total. The van der Waals surface area contributed by atoms with Crippen molar-refractivity contribution in [1.82, 2.24) is 10.2 Å². The molecule has 1 saturated heterocycles. The van der Waals surface area contributed by atoms with Gasteiger partial charge in [-0.1, -0.05) is 6.58 Å². The van der Waals surface area contributed by atoms with Crippen molar-refractivity contribution in [3.8, 4) is 11.5 Å². The highest BCUT2D eigenvalue weighted by atomic mass is 16.5. The van der Waals surface area contributed by atoms with Crippen LogP contribution in [0.4, 0.5) is 5.69 Å². The van der Waals surface area contributed by atoms with Crippen LogP contribution in [0, 0.1) is 0 Å². The van der Waals surface area contributed by atoms with Crippen LogP contribution in [0.3, 0.4) is 0 Å². The SMILES string of the molecule is C=C(/C=C\N=C(/C)Nc1ccc(OC)c(OCC(O)CN2CCCC2)c1)NC. The monoisotopic (exact) mass is 388 g/mol. The lowest BCUT2D eigenvalue weighted by atomic mass is 10.2. The van der Waals surface area contributed by atoms with E-state index in [9.17, 15) is 5.11 Å². The highest BCUT2D eigenvalue weighted by molar-refractivity contribution is 5.94. The standard InChI is InChI=1S/C21H32N4O3/c1-16(22-3)9-10-23-17(2)24-18-7-8-20(27-4)21(13-18)28-15-19(26)14-25-11-5-6-12-25/h7-10,13,19,22,26H,1,5-6,11-12,14-15H2,2-4H3,(H,23,24)/b10-9-. The molecule has 1 unspecified atom stereocenters. The Morgan fingerprint density at radius 1 is 1.36 bits per heavy atom. The zero-order chi connectivity index (χ0) is 20.4. The van der Waals surface area contributed by atoms with Crippen molar-refractivity contribution < 1.29 is 14.6 Å². The molecule has 1 fully saturated rings. The number of nitrogens with one attached hydrogen (secondary N) is 2. The van der Waals surface area contributed by atoms with E-state index in [1.165, 1.54) is 12.8 Å². The van der Waals surface area contributed by atoms with Crippen LogP contribution >= 0.6 is 0 Å². The van der Waals surface area contributed by atoms with Gasteiger partial charge in [-0.2, -0.15) is 0 Å². The molecule has 1 heterocycles. The van der Waals surface area contributed by atoms with Crippen molar-refractivity contribution in [2.24, 2.45) is 4.99 Å². The van der Waals surface area contributed by atoms with Crippen LogP contribution < -0.4 is 20.1 Å². The quantitative estimate of drug-likeness (QED) is 0.325. The fraction of sp³-hybridized carbons (Fsp3) is 0.476. The Morgan fingerprint density at radius 2 is 2.11 bits per heavy atom. The van der Waals surface area contributed by atoms with E-state index in [1.807, 2.05) is 32.2 Å². The second-order valence-corrected chi connectivity index (χ2v) is 6.77. The van der Waals surface area contributed by atoms with Gasteiger partial charge < -0.3 is 30.1 Å². The third-order valence-electron chi connectivity index (χ3n) is 4.45. The first-order valence-corrected chi connectivity index (χ1v) is 9.57. The number of β-amino-alcohol motifs (C(OH)–C–C–N with tert-alkyl or cyclic N) is 1. The zero-order valence-electron chi connectivity index (χ0n) is 17.1. The number of likely N-dealkylation sites (N-methyl/N-ethyl adjacent to an activating group) is 1. The van der Waals surface area contributed by atoms with Crippen LogP contribution in [0.5, 0.6) is 11.5 Å². The van der Waals surface area contributed by atoms with Crippen molar-refractivity contribution in [1.29, 1.82) is 0 Å². The van der Waals surface area contributed by atoms with Crippen LogP contribution in [-0.4, -0.2) is 62.3 Å². The molecule has 1 aliphatic rings. The largest absolute Gasteiger partial charge is 0.493 e. The van der Waals surface area contributed by atoms with Crippen molar-refractivity contribution in [3.05, 3.63) is 42.8 Å². The molecule has 28 heavy (non-hydrogen) atoms. The molecule has 0 bridgehead atoms. The van der Waals surface area contributed by atoms with Gasteiger partial charge in [-0.05, 0) is 51.1 Å². The van der Waals surface area contributed by atoms with E-state index >= 15 is 0 Å². The van der Waals surface area contributed by atoms with Crippen molar-refractivity contribution >= 4 is 11.5 Å². The van der Waals surface area contributed by atoms with Gasteiger partial charge in [0.1, 0.15) is 18.5 Å². The molecule has 7 heteroatoms. The summed E-state index contributed by atoms with van der Waals surface area (Å²) < 4.78 is 11.2. The number of benzene rings is 1. The summed E-state index contributed by atoms with van der Waals surface area (Å²) in [6.07, 6.45) is 5.34. The van der Waals surface area contributed by atoms with Gasteiger partial charge in [0.25, 0.3) is 0 Å². The van der Waals surface area contributed by atoms with Gasteiger partial charge in [0.15, 0.2) is 11.5 Å². The molecular formula is C21H32N4O3. The van der Waals surface area contributed by atoms with E-state index in [1.54, 1.807) is 19.4 Å². The van der Waals surface area contributed by atoms with Gasteiger partial charge in [-0.15, -0.1) is 0 Å². The lowest BCUT2D eigenvalue weighted by Crippen LogP contribution is -2.33. The van der Waals surface area contributed by atoms with Crippen LogP contribution in [0.2, 0.25) is 0 Å². The first-order chi connectivity index (χ1) is 13.5. The second kappa shape index (κ2) is 11.4. The molecule has 1 aliphatic heterocycles. The molecule has 0 amide bonds. The molecule has 0 radical (unpaired) electrons. The molecule has 1 atom stereocenters. The number of methoxy groups -OCH3 is 1. The maximum Gasteiger partial charge on any atom is 0.163 e. The van der Waals surface area contributed by atoms with E-state index in [-0.39, 0.29) is 6.61 Å². The number of hydrogen-bond donors (Lipinski definition) is 3. The van der Waals surface area contributed by atoms with Crippen LogP contribution in [-0.2, 0) is 0 Å². The van der Waals surface area contributed by atoms with Gasteiger partial charge in [0.05, 0.1) is 7.11 Å². The molecule has 0 saturated carbocycles. The smallest absolute Gasteiger partial charge is 0.163 e. The Bertz CT molecular complexity index is 697. The number of allylic oxidation sites excluding steroid dienone is 1. The minimum Gasteiger partial charge on any atom is -0.493 e. The third-order valence-corrected chi connectivity index (χ3v) is 4.45. The molecule has 154 valence electrons. The Balaban J connectivity index is 1.95. The van der Waals surface area contributed by atoms with Crippen LogP contribution in [0.25, 0.3) is 0 Å².